The van der Waals surface area contributed by atoms with E-state index >= 15 is 0 Å². The van der Waals surface area contributed by atoms with Crippen LogP contribution < -0.4 is 10.2 Å². The van der Waals surface area contributed by atoms with E-state index in [1.54, 1.807) is 23.9 Å². The van der Waals surface area contributed by atoms with Gasteiger partial charge < -0.3 is 14.8 Å². The van der Waals surface area contributed by atoms with Crippen LogP contribution in [0.4, 0.5) is 16.5 Å². The summed E-state index contributed by atoms with van der Waals surface area (Å²) in [5.41, 5.74) is 6.60. The summed E-state index contributed by atoms with van der Waals surface area (Å²) in [6.07, 6.45) is 5.51. The maximum absolute atomic E-state index is 4.76. The molecule has 0 bridgehead atoms. The first-order chi connectivity index (χ1) is 13.1. The SMILES string of the molecule is Cc1ccc(N(C)C)cc1Nc1nc(-c2ccc(-n3ccnc3)cc2)cs1. The third-order valence-corrected chi connectivity index (χ3v) is 5.21. The highest BCUT2D eigenvalue weighted by Gasteiger charge is 2.08. The van der Waals surface area contributed by atoms with Gasteiger partial charge >= 0.3 is 0 Å². The number of hydrogen-bond donors (Lipinski definition) is 1. The summed E-state index contributed by atoms with van der Waals surface area (Å²) in [5, 5.41) is 6.43. The van der Waals surface area contributed by atoms with Gasteiger partial charge in [0.05, 0.1) is 12.0 Å². The summed E-state index contributed by atoms with van der Waals surface area (Å²) in [7, 11) is 4.09. The largest absolute Gasteiger partial charge is 0.378 e. The molecule has 27 heavy (non-hydrogen) atoms. The van der Waals surface area contributed by atoms with E-state index in [1.165, 1.54) is 5.56 Å². The summed E-state index contributed by atoms with van der Waals surface area (Å²) in [5.74, 6) is 0. The lowest BCUT2D eigenvalue weighted by Gasteiger charge is -2.15. The van der Waals surface area contributed by atoms with E-state index in [0.717, 1.165) is 33.5 Å². The van der Waals surface area contributed by atoms with Gasteiger partial charge in [-0.3, -0.25) is 0 Å². The number of rotatable bonds is 5. The third-order valence-electron chi connectivity index (χ3n) is 4.45. The van der Waals surface area contributed by atoms with Crippen molar-refractivity contribution in [1.82, 2.24) is 14.5 Å². The number of benzene rings is 2. The lowest BCUT2D eigenvalue weighted by atomic mass is 10.1. The molecule has 2 aromatic heterocycles. The van der Waals surface area contributed by atoms with Crippen LogP contribution in [0.2, 0.25) is 0 Å². The smallest absolute Gasteiger partial charge is 0.187 e. The minimum Gasteiger partial charge on any atom is -0.378 e. The molecular formula is C21H21N5S. The highest BCUT2D eigenvalue weighted by molar-refractivity contribution is 7.14. The van der Waals surface area contributed by atoms with Crippen molar-refractivity contribution in [3.8, 4) is 16.9 Å². The zero-order valence-corrected chi connectivity index (χ0v) is 16.4. The second-order valence-corrected chi connectivity index (χ2v) is 7.43. The van der Waals surface area contributed by atoms with Crippen molar-refractivity contribution in [3.63, 3.8) is 0 Å². The number of aryl methyl sites for hydroxylation is 1. The second kappa shape index (κ2) is 7.25. The molecule has 4 rings (SSSR count). The molecule has 2 heterocycles. The second-order valence-electron chi connectivity index (χ2n) is 6.57. The molecule has 0 fully saturated rings. The van der Waals surface area contributed by atoms with Crippen molar-refractivity contribution >= 4 is 27.8 Å². The molecule has 0 atom stereocenters. The monoisotopic (exact) mass is 375 g/mol. The zero-order chi connectivity index (χ0) is 18.8. The Morgan fingerprint density at radius 2 is 1.89 bits per heavy atom. The Kier molecular flexibility index (Phi) is 4.64. The summed E-state index contributed by atoms with van der Waals surface area (Å²) < 4.78 is 1.98. The van der Waals surface area contributed by atoms with Crippen LogP contribution in [0.25, 0.3) is 16.9 Å². The molecule has 0 saturated heterocycles. The van der Waals surface area contributed by atoms with E-state index in [2.05, 4.69) is 70.0 Å². The number of anilines is 3. The Morgan fingerprint density at radius 3 is 2.59 bits per heavy atom. The van der Waals surface area contributed by atoms with Crippen molar-refractivity contribution in [2.75, 3.05) is 24.3 Å². The van der Waals surface area contributed by atoms with Crippen LogP contribution in [0, 0.1) is 6.92 Å². The first kappa shape index (κ1) is 17.3. The molecule has 136 valence electrons. The van der Waals surface area contributed by atoms with E-state index in [9.17, 15) is 0 Å². The zero-order valence-electron chi connectivity index (χ0n) is 15.5. The molecular weight excluding hydrogens is 354 g/mol. The van der Waals surface area contributed by atoms with Gasteiger partial charge in [-0.05, 0) is 36.8 Å². The van der Waals surface area contributed by atoms with Crippen molar-refractivity contribution in [3.05, 3.63) is 72.1 Å². The normalized spacial score (nSPS) is 10.8. The van der Waals surface area contributed by atoms with Gasteiger partial charge in [-0.1, -0.05) is 18.2 Å². The van der Waals surface area contributed by atoms with Gasteiger partial charge in [0.15, 0.2) is 5.13 Å². The molecule has 5 nitrogen and oxygen atoms in total. The van der Waals surface area contributed by atoms with Gasteiger partial charge in [0.2, 0.25) is 0 Å². The van der Waals surface area contributed by atoms with E-state index in [-0.39, 0.29) is 0 Å². The lowest BCUT2D eigenvalue weighted by Crippen LogP contribution is -2.09. The highest BCUT2D eigenvalue weighted by Crippen LogP contribution is 2.30. The summed E-state index contributed by atoms with van der Waals surface area (Å²) in [4.78, 5) is 10.9. The molecule has 1 N–H and O–H groups in total. The van der Waals surface area contributed by atoms with Crippen molar-refractivity contribution in [2.45, 2.75) is 6.92 Å². The molecule has 0 spiro atoms. The number of nitrogens with one attached hydrogen (secondary N) is 1. The quantitative estimate of drug-likeness (QED) is 0.526. The first-order valence-corrected chi connectivity index (χ1v) is 9.57. The van der Waals surface area contributed by atoms with Crippen LogP contribution in [0.3, 0.4) is 0 Å². The number of thiazole rings is 1. The van der Waals surface area contributed by atoms with Gasteiger partial charge in [0.25, 0.3) is 0 Å². The topological polar surface area (TPSA) is 46.0 Å². The van der Waals surface area contributed by atoms with E-state index in [1.807, 2.05) is 24.9 Å². The molecule has 0 unspecified atom stereocenters. The van der Waals surface area contributed by atoms with Crippen molar-refractivity contribution in [2.24, 2.45) is 0 Å². The van der Waals surface area contributed by atoms with Crippen molar-refractivity contribution < 1.29 is 0 Å². The van der Waals surface area contributed by atoms with Crippen LogP contribution in [0.15, 0.2) is 66.6 Å². The molecule has 0 aliphatic carbocycles. The molecule has 0 radical (unpaired) electrons. The Morgan fingerprint density at radius 1 is 1.07 bits per heavy atom. The molecule has 0 aliphatic heterocycles. The molecule has 0 saturated carbocycles. The van der Waals surface area contributed by atoms with Gasteiger partial charge in [0, 0.05) is 54.5 Å². The van der Waals surface area contributed by atoms with Gasteiger partial charge in [-0.25, -0.2) is 9.97 Å². The number of aromatic nitrogens is 3. The summed E-state index contributed by atoms with van der Waals surface area (Å²) in [6, 6.07) is 14.7. The molecule has 2 aromatic carbocycles. The number of nitrogens with zero attached hydrogens (tertiary/aromatic N) is 4. The average Bonchev–Trinajstić information content (AvgIpc) is 3.35. The maximum atomic E-state index is 4.76. The van der Waals surface area contributed by atoms with Crippen LogP contribution in [-0.4, -0.2) is 28.6 Å². The van der Waals surface area contributed by atoms with Gasteiger partial charge in [0.1, 0.15) is 0 Å². The highest BCUT2D eigenvalue weighted by atomic mass is 32.1. The third kappa shape index (κ3) is 3.71. The Hall–Kier alpha value is -3.12. The minimum absolute atomic E-state index is 0.891. The average molecular weight is 376 g/mol. The standard InChI is InChI=1S/C21H21N5S/c1-15-4-7-18(25(2)3)12-19(15)23-21-24-20(13-27-21)16-5-8-17(9-6-16)26-11-10-22-14-26/h4-14H,1-3H3,(H,23,24). The van der Waals surface area contributed by atoms with Crippen LogP contribution >= 0.6 is 11.3 Å². The molecule has 0 amide bonds. The van der Waals surface area contributed by atoms with E-state index in [4.69, 9.17) is 4.98 Å². The fourth-order valence-corrected chi connectivity index (χ4v) is 3.55. The molecule has 0 aliphatic rings. The Balaban J connectivity index is 1.55. The number of imidazole rings is 1. The fourth-order valence-electron chi connectivity index (χ4n) is 2.82. The predicted molar refractivity (Wildman–Crippen MR) is 113 cm³/mol. The van der Waals surface area contributed by atoms with E-state index < -0.39 is 0 Å². The van der Waals surface area contributed by atoms with E-state index in [0.29, 0.717) is 0 Å². The summed E-state index contributed by atoms with van der Waals surface area (Å²) in [6.45, 7) is 2.10. The maximum Gasteiger partial charge on any atom is 0.187 e. The Bertz CT molecular complexity index is 1030. The molecule has 6 heteroatoms. The minimum atomic E-state index is 0.891. The van der Waals surface area contributed by atoms with Crippen LogP contribution in [0.5, 0.6) is 0 Å². The summed E-state index contributed by atoms with van der Waals surface area (Å²) >= 11 is 1.61. The van der Waals surface area contributed by atoms with Crippen molar-refractivity contribution in [1.29, 1.82) is 0 Å². The van der Waals surface area contributed by atoms with Gasteiger partial charge in [-0.2, -0.15) is 0 Å². The fraction of sp³-hybridized carbons (Fsp3) is 0.143. The lowest BCUT2D eigenvalue weighted by molar-refractivity contribution is 1.06. The number of hydrogen-bond acceptors (Lipinski definition) is 5. The van der Waals surface area contributed by atoms with Crippen LogP contribution in [-0.2, 0) is 0 Å². The molecule has 4 aromatic rings. The first-order valence-electron chi connectivity index (χ1n) is 8.69. The Labute approximate surface area is 163 Å². The predicted octanol–water partition coefficient (Wildman–Crippen LogP) is 5.11. The van der Waals surface area contributed by atoms with Crippen LogP contribution in [0.1, 0.15) is 5.56 Å². The van der Waals surface area contributed by atoms with Gasteiger partial charge in [-0.15, -0.1) is 11.3 Å².